The average molecular weight is 210 g/mol. The number of unbranched alkanes of at least 4 members (excludes halogenated alkanes) is 2. The normalized spacial score (nSPS) is 10.0. The van der Waals surface area contributed by atoms with Crippen LogP contribution in [-0.2, 0) is 0 Å². The van der Waals surface area contributed by atoms with Gasteiger partial charge in [0.2, 0.25) is 5.95 Å². The molecule has 0 radical (unpaired) electrons. The second-order valence-corrected chi connectivity index (χ2v) is 3.27. The largest absolute Gasteiger partial charge is 0.370 e. The van der Waals surface area contributed by atoms with Gasteiger partial charge in [-0.2, -0.15) is 9.97 Å². The molecule has 1 aromatic heterocycles. The van der Waals surface area contributed by atoms with Crippen molar-refractivity contribution >= 4 is 17.6 Å². The number of hydrogen-bond acceptors (Lipinski definition) is 6. The van der Waals surface area contributed by atoms with E-state index in [1.165, 1.54) is 12.8 Å². The topological polar surface area (TPSA) is 102 Å². The van der Waals surface area contributed by atoms with Gasteiger partial charge in [0.05, 0.1) is 0 Å². The van der Waals surface area contributed by atoms with Gasteiger partial charge in [0.15, 0.2) is 0 Å². The lowest BCUT2D eigenvalue weighted by atomic mass is 10.2. The molecule has 0 unspecified atom stereocenters. The molecule has 0 saturated carbocycles. The molecule has 6 nitrogen and oxygen atoms in total. The maximum absolute atomic E-state index is 5.51. The first-order chi connectivity index (χ1) is 7.26. The smallest absolute Gasteiger partial charge is 0.223 e. The third-order valence-corrected chi connectivity index (χ3v) is 1.98. The van der Waals surface area contributed by atoms with Crippen LogP contribution in [0.15, 0.2) is 6.07 Å². The van der Waals surface area contributed by atoms with Crippen molar-refractivity contribution in [2.75, 3.05) is 23.0 Å². The van der Waals surface area contributed by atoms with Crippen LogP contribution < -0.4 is 22.3 Å². The summed E-state index contributed by atoms with van der Waals surface area (Å²) in [7, 11) is 0. The molecule has 1 rings (SSSR count). The molecule has 6 heteroatoms. The lowest BCUT2D eigenvalue weighted by molar-refractivity contribution is 0.742. The number of rotatable bonds is 6. The second-order valence-electron chi connectivity index (χ2n) is 3.27. The van der Waals surface area contributed by atoms with Crippen molar-refractivity contribution in [1.29, 1.82) is 0 Å². The van der Waals surface area contributed by atoms with E-state index in [1.807, 2.05) is 0 Å². The molecular weight excluding hydrogens is 192 g/mol. The lowest BCUT2D eigenvalue weighted by Gasteiger charge is -2.07. The van der Waals surface area contributed by atoms with Crippen LogP contribution in [0, 0.1) is 0 Å². The van der Waals surface area contributed by atoms with Gasteiger partial charge in [-0.05, 0) is 6.42 Å². The molecule has 0 saturated heterocycles. The van der Waals surface area contributed by atoms with Crippen LogP contribution in [-0.4, -0.2) is 16.5 Å². The maximum atomic E-state index is 5.51. The molecule has 1 aromatic rings. The van der Waals surface area contributed by atoms with Crippen LogP contribution in [0.5, 0.6) is 0 Å². The van der Waals surface area contributed by atoms with E-state index in [4.69, 9.17) is 11.6 Å². The first kappa shape index (κ1) is 11.5. The standard InChI is InChI=1S/C9H18N6/c1-2-3-4-5-12-7-6-8(15-11)14-9(10)13-7/h6H,2-5,11H2,1H3,(H4,10,12,13,14,15). The molecule has 6 N–H and O–H groups in total. The Bertz CT molecular complexity index is 301. The summed E-state index contributed by atoms with van der Waals surface area (Å²) < 4.78 is 0. The second kappa shape index (κ2) is 6.02. The molecule has 0 atom stereocenters. The zero-order chi connectivity index (χ0) is 11.1. The summed E-state index contributed by atoms with van der Waals surface area (Å²) in [6.07, 6.45) is 3.52. The van der Waals surface area contributed by atoms with E-state index in [2.05, 4.69) is 27.6 Å². The third kappa shape index (κ3) is 3.99. The fourth-order valence-corrected chi connectivity index (χ4v) is 1.22. The summed E-state index contributed by atoms with van der Waals surface area (Å²) in [6, 6.07) is 1.72. The monoisotopic (exact) mass is 210 g/mol. The Morgan fingerprint density at radius 1 is 1.27 bits per heavy atom. The van der Waals surface area contributed by atoms with Gasteiger partial charge in [0, 0.05) is 12.6 Å². The van der Waals surface area contributed by atoms with E-state index < -0.39 is 0 Å². The molecule has 84 valence electrons. The highest BCUT2D eigenvalue weighted by atomic mass is 15.3. The predicted molar refractivity (Wildman–Crippen MR) is 62.3 cm³/mol. The van der Waals surface area contributed by atoms with Gasteiger partial charge < -0.3 is 16.5 Å². The Morgan fingerprint density at radius 3 is 2.67 bits per heavy atom. The summed E-state index contributed by atoms with van der Waals surface area (Å²) in [5.74, 6) is 6.67. The number of hydrogen-bond donors (Lipinski definition) is 4. The maximum Gasteiger partial charge on any atom is 0.223 e. The fraction of sp³-hybridized carbons (Fsp3) is 0.556. The molecular formula is C9H18N6. The zero-order valence-electron chi connectivity index (χ0n) is 8.95. The summed E-state index contributed by atoms with van der Waals surface area (Å²) in [5, 5.41) is 3.17. The van der Waals surface area contributed by atoms with Gasteiger partial charge in [-0.25, -0.2) is 5.84 Å². The number of nitrogen functional groups attached to an aromatic ring is 2. The van der Waals surface area contributed by atoms with Crippen molar-refractivity contribution in [1.82, 2.24) is 9.97 Å². The minimum absolute atomic E-state index is 0.212. The van der Waals surface area contributed by atoms with E-state index in [0.717, 1.165) is 13.0 Å². The molecule has 0 aliphatic heterocycles. The summed E-state index contributed by atoms with van der Waals surface area (Å²) in [5.41, 5.74) is 7.95. The number of aromatic nitrogens is 2. The van der Waals surface area contributed by atoms with Crippen molar-refractivity contribution < 1.29 is 0 Å². The number of hydrazine groups is 1. The fourth-order valence-electron chi connectivity index (χ4n) is 1.22. The van der Waals surface area contributed by atoms with Crippen LogP contribution >= 0.6 is 0 Å². The van der Waals surface area contributed by atoms with Gasteiger partial charge in [-0.3, -0.25) is 0 Å². The van der Waals surface area contributed by atoms with E-state index in [9.17, 15) is 0 Å². The van der Waals surface area contributed by atoms with Crippen molar-refractivity contribution in [2.45, 2.75) is 26.2 Å². The third-order valence-electron chi connectivity index (χ3n) is 1.98. The minimum Gasteiger partial charge on any atom is -0.370 e. The highest BCUT2D eigenvalue weighted by Crippen LogP contribution is 2.11. The molecule has 0 amide bonds. The average Bonchev–Trinajstić information content (AvgIpc) is 2.23. The van der Waals surface area contributed by atoms with Crippen molar-refractivity contribution in [3.8, 4) is 0 Å². The Morgan fingerprint density at radius 2 is 2.00 bits per heavy atom. The Kier molecular flexibility index (Phi) is 4.62. The molecule has 0 bridgehead atoms. The highest BCUT2D eigenvalue weighted by molar-refractivity contribution is 5.50. The first-order valence-electron chi connectivity index (χ1n) is 5.11. The minimum atomic E-state index is 0.212. The van der Waals surface area contributed by atoms with Crippen LogP contribution in [0.4, 0.5) is 17.6 Å². The van der Waals surface area contributed by atoms with E-state index >= 15 is 0 Å². The summed E-state index contributed by atoms with van der Waals surface area (Å²) in [4.78, 5) is 7.93. The SMILES string of the molecule is CCCCCNc1cc(NN)nc(N)n1. The zero-order valence-corrected chi connectivity index (χ0v) is 8.95. The van der Waals surface area contributed by atoms with E-state index in [1.54, 1.807) is 6.07 Å². The lowest BCUT2D eigenvalue weighted by Crippen LogP contribution is -2.12. The number of nitrogens with one attached hydrogen (secondary N) is 2. The van der Waals surface area contributed by atoms with Crippen LogP contribution in [0.3, 0.4) is 0 Å². The highest BCUT2D eigenvalue weighted by Gasteiger charge is 1.99. The van der Waals surface area contributed by atoms with Crippen LogP contribution in [0.25, 0.3) is 0 Å². The van der Waals surface area contributed by atoms with Gasteiger partial charge in [-0.15, -0.1) is 0 Å². The molecule has 0 aromatic carbocycles. The van der Waals surface area contributed by atoms with Crippen molar-refractivity contribution in [3.05, 3.63) is 6.07 Å². The van der Waals surface area contributed by atoms with E-state index in [0.29, 0.717) is 11.6 Å². The van der Waals surface area contributed by atoms with Gasteiger partial charge >= 0.3 is 0 Å². The van der Waals surface area contributed by atoms with Gasteiger partial charge in [0.1, 0.15) is 11.6 Å². The summed E-state index contributed by atoms with van der Waals surface area (Å²) in [6.45, 7) is 3.05. The Hall–Kier alpha value is -1.56. The Balaban J connectivity index is 2.49. The molecule has 0 fully saturated rings. The first-order valence-corrected chi connectivity index (χ1v) is 5.11. The number of anilines is 3. The molecule has 0 spiro atoms. The van der Waals surface area contributed by atoms with Gasteiger partial charge in [0.25, 0.3) is 0 Å². The molecule has 0 aliphatic carbocycles. The van der Waals surface area contributed by atoms with Crippen molar-refractivity contribution in [2.24, 2.45) is 5.84 Å². The quantitative estimate of drug-likeness (QED) is 0.317. The number of nitrogens with zero attached hydrogens (tertiary/aromatic N) is 2. The van der Waals surface area contributed by atoms with Crippen LogP contribution in [0.1, 0.15) is 26.2 Å². The van der Waals surface area contributed by atoms with Gasteiger partial charge in [-0.1, -0.05) is 19.8 Å². The molecule has 1 heterocycles. The number of nitrogens with two attached hydrogens (primary N) is 2. The molecule has 15 heavy (non-hydrogen) atoms. The van der Waals surface area contributed by atoms with E-state index in [-0.39, 0.29) is 5.95 Å². The summed E-state index contributed by atoms with van der Waals surface area (Å²) >= 11 is 0. The van der Waals surface area contributed by atoms with Crippen molar-refractivity contribution in [3.63, 3.8) is 0 Å². The predicted octanol–water partition coefficient (Wildman–Crippen LogP) is 0.946. The Labute approximate surface area is 89.4 Å². The molecule has 0 aliphatic rings. The van der Waals surface area contributed by atoms with Crippen LogP contribution in [0.2, 0.25) is 0 Å².